The normalized spacial score (nSPS) is 11.2. The number of alkyl halides is 3. The number of ether oxygens (including phenoxy) is 1. The van der Waals surface area contributed by atoms with Crippen LogP contribution in [-0.2, 0) is 6.18 Å². The Morgan fingerprint density at radius 2 is 1.85 bits per heavy atom. The molecule has 2 aromatic rings. The molecule has 7 heteroatoms. The Hall–Kier alpha value is -2.31. The summed E-state index contributed by atoms with van der Waals surface area (Å²) in [7, 11) is 1.65. The molecule has 0 unspecified atom stereocenters. The predicted octanol–water partition coefficient (Wildman–Crippen LogP) is 3.64. The van der Waals surface area contributed by atoms with E-state index in [1.54, 1.807) is 14.0 Å². The number of nitrogens with zero attached hydrogens (tertiary/aromatic N) is 2. The van der Waals surface area contributed by atoms with Crippen LogP contribution in [-0.4, -0.2) is 17.0 Å². The highest BCUT2D eigenvalue weighted by Gasteiger charge is 2.34. The zero-order chi connectivity index (χ0) is 14.8. The quantitative estimate of drug-likeness (QED) is 0.934. The lowest BCUT2D eigenvalue weighted by Crippen LogP contribution is -2.07. The Morgan fingerprint density at radius 1 is 1.15 bits per heavy atom. The summed E-state index contributed by atoms with van der Waals surface area (Å²) in [6.45, 7) is 1.63. The molecule has 1 aromatic carbocycles. The van der Waals surface area contributed by atoms with Gasteiger partial charge in [0.25, 0.3) is 0 Å². The topological polar surface area (TPSA) is 47.0 Å². The van der Waals surface area contributed by atoms with Crippen LogP contribution in [0.2, 0.25) is 0 Å². The van der Waals surface area contributed by atoms with E-state index in [1.807, 2.05) is 0 Å². The number of benzene rings is 1. The van der Waals surface area contributed by atoms with E-state index in [2.05, 4.69) is 15.3 Å². The molecule has 0 aliphatic carbocycles. The van der Waals surface area contributed by atoms with Crippen LogP contribution in [0.15, 0.2) is 30.3 Å². The van der Waals surface area contributed by atoms with E-state index in [0.29, 0.717) is 11.6 Å². The molecule has 0 saturated carbocycles. The van der Waals surface area contributed by atoms with Gasteiger partial charge in [0.1, 0.15) is 17.4 Å². The third-order valence-corrected chi connectivity index (χ3v) is 2.48. The summed E-state index contributed by atoms with van der Waals surface area (Å²) in [6.07, 6.45) is -4.48. The fourth-order valence-corrected chi connectivity index (χ4v) is 1.62. The number of rotatable bonds is 3. The van der Waals surface area contributed by atoms with Gasteiger partial charge in [-0.15, -0.1) is 0 Å². The second-order valence-electron chi connectivity index (χ2n) is 3.98. The Morgan fingerprint density at radius 3 is 2.50 bits per heavy atom. The van der Waals surface area contributed by atoms with Crippen molar-refractivity contribution in [3.05, 3.63) is 41.7 Å². The monoisotopic (exact) mass is 283 g/mol. The number of aryl methyl sites for hydroxylation is 1. The number of para-hydroxylation sites is 1. The maximum Gasteiger partial charge on any atom is 0.419 e. The first-order chi connectivity index (χ1) is 9.40. The van der Waals surface area contributed by atoms with Crippen molar-refractivity contribution in [2.75, 3.05) is 12.4 Å². The first-order valence-electron chi connectivity index (χ1n) is 5.77. The van der Waals surface area contributed by atoms with E-state index in [0.717, 1.165) is 6.07 Å². The van der Waals surface area contributed by atoms with Gasteiger partial charge in [-0.2, -0.15) is 18.2 Å². The van der Waals surface area contributed by atoms with Gasteiger partial charge >= 0.3 is 6.18 Å². The van der Waals surface area contributed by atoms with Crippen molar-refractivity contribution in [1.29, 1.82) is 0 Å². The number of halogens is 3. The Labute approximate surface area is 113 Å². The van der Waals surface area contributed by atoms with Crippen molar-refractivity contribution in [1.82, 2.24) is 9.97 Å². The number of nitrogens with one attached hydrogen (secondary N) is 1. The molecule has 0 aliphatic heterocycles. The molecule has 4 nitrogen and oxygen atoms in total. The molecule has 0 radical (unpaired) electrons. The van der Waals surface area contributed by atoms with Gasteiger partial charge in [-0.3, -0.25) is 0 Å². The Balaban J connectivity index is 2.38. The lowest BCUT2D eigenvalue weighted by atomic mass is 10.2. The molecule has 0 fully saturated rings. The van der Waals surface area contributed by atoms with Crippen LogP contribution in [0, 0.1) is 6.92 Å². The maximum absolute atomic E-state index is 12.9. The summed E-state index contributed by atoms with van der Waals surface area (Å²) in [4.78, 5) is 8.00. The van der Waals surface area contributed by atoms with Gasteiger partial charge in [-0.1, -0.05) is 12.1 Å². The SMILES string of the molecule is CNc1cc(Oc2ccccc2C(F)(F)F)nc(C)n1. The van der Waals surface area contributed by atoms with Crippen molar-refractivity contribution in [2.45, 2.75) is 13.1 Å². The lowest BCUT2D eigenvalue weighted by molar-refractivity contribution is -0.138. The molecule has 2 rings (SSSR count). The van der Waals surface area contributed by atoms with Gasteiger partial charge in [0.15, 0.2) is 0 Å². The van der Waals surface area contributed by atoms with E-state index >= 15 is 0 Å². The Kier molecular flexibility index (Phi) is 3.78. The number of anilines is 1. The van der Waals surface area contributed by atoms with Crippen molar-refractivity contribution >= 4 is 5.82 Å². The first-order valence-corrected chi connectivity index (χ1v) is 5.77. The van der Waals surface area contributed by atoms with Gasteiger partial charge < -0.3 is 10.1 Å². The van der Waals surface area contributed by atoms with Gasteiger partial charge in [0.2, 0.25) is 5.88 Å². The molecular formula is C13H12F3N3O. The largest absolute Gasteiger partial charge is 0.438 e. The molecular weight excluding hydrogens is 271 g/mol. The van der Waals surface area contributed by atoms with Crippen LogP contribution >= 0.6 is 0 Å². The molecule has 0 amide bonds. The summed E-state index contributed by atoms with van der Waals surface area (Å²) in [5.41, 5.74) is -0.845. The number of hydrogen-bond donors (Lipinski definition) is 1. The highest BCUT2D eigenvalue weighted by atomic mass is 19.4. The first kappa shape index (κ1) is 14.1. The van der Waals surface area contributed by atoms with Crippen LogP contribution < -0.4 is 10.1 Å². The molecule has 0 spiro atoms. The highest BCUT2D eigenvalue weighted by Crippen LogP contribution is 2.37. The molecule has 0 aliphatic rings. The minimum absolute atomic E-state index is 0.0542. The molecule has 0 saturated heterocycles. The van der Waals surface area contributed by atoms with Crippen LogP contribution in [0.1, 0.15) is 11.4 Å². The molecule has 20 heavy (non-hydrogen) atoms. The molecule has 1 heterocycles. The average Bonchev–Trinajstić information content (AvgIpc) is 2.37. The van der Waals surface area contributed by atoms with Crippen molar-refractivity contribution < 1.29 is 17.9 Å². The van der Waals surface area contributed by atoms with Crippen LogP contribution in [0.5, 0.6) is 11.6 Å². The number of hydrogen-bond acceptors (Lipinski definition) is 4. The number of aromatic nitrogens is 2. The summed E-state index contributed by atoms with van der Waals surface area (Å²) in [5.74, 6) is 0.632. The van der Waals surface area contributed by atoms with Crippen molar-refractivity contribution in [2.24, 2.45) is 0 Å². The summed E-state index contributed by atoms with van der Waals surface area (Å²) >= 11 is 0. The zero-order valence-corrected chi connectivity index (χ0v) is 10.8. The van der Waals surface area contributed by atoms with E-state index in [-0.39, 0.29) is 11.6 Å². The van der Waals surface area contributed by atoms with E-state index in [4.69, 9.17) is 4.74 Å². The highest BCUT2D eigenvalue weighted by molar-refractivity contribution is 5.42. The third-order valence-electron chi connectivity index (χ3n) is 2.48. The third kappa shape index (κ3) is 3.17. The lowest BCUT2D eigenvalue weighted by Gasteiger charge is -2.13. The molecule has 106 valence electrons. The van der Waals surface area contributed by atoms with Crippen LogP contribution in [0.25, 0.3) is 0 Å². The summed E-state index contributed by atoms with van der Waals surface area (Å²) < 4.78 is 43.8. The molecule has 1 aromatic heterocycles. The second-order valence-corrected chi connectivity index (χ2v) is 3.98. The average molecular weight is 283 g/mol. The van der Waals surface area contributed by atoms with Gasteiger partial charge in [0.05, 0.1) is 5.56 Å². The maximum atomic E-state index is 12.9. The van der Waals surface area contributed by atoms with Crippen molar-refractivity contribution in [3.63, 3.8) is 0 Å². The minimum Gasteiger partial charge on any atom is -0.438 e. The summed E-state index contributed by atoms with van der Waals surface area (Å²) in [5, 5.41) is 2.79. The fraction of sp³-hybridized carbons (Fsp3) is 0.231. The molecule has 0 atom stereocenters. The molecule has 1 N–H and O–H groups in total. The van der Waals surface area contributed by atoms with E-state index in [1.165, 1.54) is 24.3 Å². The zero-order valence-electron chi connectivity index (χ0n) is 10.8. The standard InChI is InChI=1S/C13H12F3N3O/c1-8-18-11(17-2)7-12(19-8)20-10-6-4-3-5-9(10)13(14,15)16/h3-7H,1-2H3,(H,17,18,19). The minimum atomic E-state index is -4.48. The Bertz CT molecular complexity index is 614. The summed E-state index contributed by atoms with van der Waals surface area (Å²) in [6, 6.07) is 6.42. The predicted molar refractivity (Wildman–Crippen MR) is 67.8 cm³/mol. The second kappa shape index (κ2) is 5.36. The van der Waals surface area contributed by atoms with Crippen LogP contribution in [0.4, 0.5) is 19.0 Å². The van der Waals surface area contributed by atoms with Gasteiger partial charge in [-0.05, 0) is 19.1 Å². The van der Waals surface area contributed by atoms with Gasteiger partial charge in [0, 0.05) is 13.1 Å². The van der Waals surface area contributed by atoms with Crippen LogP contribution in [0.3, 0.4) is 0 Å². The van der Waals surface area contributed by atoms with E-state index in [9.17, 15) is 13.2 Å². The van der Waals surface area contributed by atoms with E-state index < -0.39 is 11.7 Å². The fourth-order valence-electron chi connectivity index (χ4n) is 1.62. The van der Waals surface area contributed by atoms with Gasteiger partial charge in [-0.25, -0.2) is 4.98 Å². The smallest absolute Gasteiger partial charge is 0.419 e. The molecule has 0 bridgehead atoms. The van der Waals surface area contributed by atoms with Crippen molar-refractivity contribution in [3.8, 4) is 11.6 Å².